The second-order valence-corrected chi connectivity index (χ2v) is 6.93. The monoisotopic (exact) mass is 371 g/mol. The number of aliphatic hydroxyl groups is 3. The largest absolute Gasteiger partial charge is 0.477 e. The maximum absolute atomic E-state index is 10.2. The molecule has 0 saturated carbocycles. The number of halogens is 1. The van der Waals surface area contributed by atoms with Crippen LogP contribution in [-0.2, 0) is 4.74 Å². The van der Waals surface area contributed by atoms with Crippen molar-refractivity contribution in [1.82, 2.24) is 14.5 Å². The lowest BCUT2D eigenvalue weighted by molar-refractivity contribution is -0.0508. The van der Waals surface area contributed by atoms with E-state index in [-0.39, 0.29) is 0 Å². The van der Waals surface area contributed by atoms with Crippen molar-refractivity contribution < 1.29 is 24.8 Å². The second kappa shape index (κ2) is 7.43. The van der Waals surface area contributed by atoms with Gasteiger partial charge in [0.25, 0.3) is 0 Å². The van der Waals surface area contributed by atoms with Gasteiger partial charge in [0.15, 0.2) is 11.9 Å². The van der Waals surface area contributed by atoms with Crippen molar-refractivity contribution in [2.75, 3.05) is 13.2 Å². The van der Waals surface area contributed by atoms with Crippen LogP contribution in [0.15, 0.2) is 12.5 Å². The summed E-state index contributed by atoms with van der Waals surface area (Å²) in [7, 11) is 0. The molecule has 3 heterocycles. The van der Waals surface area contributed by atoms with Gasteiger partial charge in [0, 0.05) is 6.20 Å². The van der Waals surface area contributed by atoms with Crippen LogP contribution in [0.3, 0.4) is 0 Å². The van der Waals surface area contributed by atoms with Gasteiger partial charge in [-0.2, -0.15) is 0 Å². The van der Waals surface area contributed by atoms with Gasteiger partial charge in [-0.15, -0.1) is 0 Å². The molecule has 3 rings (SSSR count). The normalized spacial score (nSPS) is 26.7. The molecule has 1 aliphatic heterocycles. The van der Waals surface area contributed by atoms with Crippen LogP contribution in [0.5, 0.6) is 5.88 Å². The molecule has 0 amide bonds. The molecule has 4 atom stereocenters. The average molecular weight is 372 g/mol. The highest BCUT2D eigenvalue weighted by Crippen LogP contribution is 2.37. The van der Waals surface area contributed by atoms with E-state index < -0.39 is 31.1 Å². The molecule has 8 nitrogen and oxygen atoms in total. The molecule has 9 heteroatoms. The van der Waals surface area contributed by atoms with Crippen LogP contribution in [-0.4, -0.2) is 61.4 Å². The Morgan fingerprint density at radius 1 is 1.32 bits per heavy atom. The van der Waals surface area contributed by atoms with Crippen LogP contribution in [0, 0.1) is 5.92 Å². The summed E-state index contributed by atoms with van der Waals surface area (Å²) in [6.45, 7) is 4.30. The lowest BCUT2D eigenvalue weighted by Gasteiger charge is -2.17. The van der Waals surface area contributed by atoms with Crippen molar-refractivity contribution in [1.29, 1.82) is 0 Å². The topological polar surface area (TPSA) is 110 Å². The van der Waals surface area contributed by atoms with E-state index in [0.29, 0.717) is 34.5 Å². The number of nitrogens with zero attached hydrogens (tertiary/aromatic N) is 3. The summed E-state index contributed by atoms with van der Waals surface area (Å²) in [5, 5.41) is 30.3. The highest BCUT2D eigenvalue weighted by Gasteiger charge is 2.44. The standard InChI is InChI=1S/C16H22ClN3O5/c1-8(2)3-4-24-15-11-9(17)5-20(14(11)18-7-19-15)16-13(23)12(22)10(6-21)25-16/h5,7-8,10,12-13,16,21-23H,3-4,6H2,1-2H3/t10-,12-,13-,16-/m1/s1. The van der Waals surface area contributed by atoms with Crippen molar-refractivity contribution in [3.63, 3.8) is 0 Å². The van der Waals surface area contributed by atoms with Crippen molar-refractivity contribution in [2.24, 2.45) is 5.92 Å². The van der Waals surface area contributed by atoms with E-state index in [4.69, 9.17) is 21.1 Å². The van der Waals surface area contributed by atoms with E-state index in [2.05, 4.69) is 23.8 Å². The first kappa shape index (κ1) is 18.3. The van der Waals surface area contributed by atoms with Gasteiger partial charge in [-0.05, 0) is 12.3 Å². The minimum atomic E-state index is -1.22. The molecule has 2 aromatic heterocycles. The molecule has 0 aliphatic carbocycles. The van der Waals surface area contributed by atoms with Crippen LogP contribution >= 0.6 is 11.6 Å². The maximum atomic E-state index is 10.2. The molecule has 1 aliphatic rings. The van der Waals surface area contributed by atoms with E-state index in [1.165, 1.54) is 10.9 Å². The minimum Gasteiger partial charge on any atom is -0.477 e. The fourth-order valence-corrected chi connectivity index (χ4v) is 3.09. The van der Waals surface area contributed by atoms with Crippen LogP contribution < -0.4 is 4.74 Å². The summed E-state index contributed by atoms with van der Waals surface area (Å²) in [4.78, 5) is 8.36. The van der Waals surface area contributed by atoms with Crippen LogP contribution in [0.25, 0.3) is 11.0 Å². The number of aliphatic hydroxyl groups excluding tert-OH is 3. The third-order valence-corrected chi connectivity index (χ3v) is 4.54. The first-order valence-electron chi connectivity index (χ1n) is 8.20. The van der Waals surface area contributed by atoms with E-state index in [9.17, 15) is 15.3 Å². The number of fused-ring (bicyclic) bond motifs is 1. The molecule has 0 radical (unpaired) electrons. The van der Waals surface area contributed by atoms with E-state index >= 15 is 0 Å². The molecule has 0 aromatic carbocycles. The number of rotatable bonds is 6. The predicted octanol–water partition coefficient (Wildman–Crippen LogP) is 1.12. The van der Waals surface area contributed by atoms with Gasteiger partial charge < -0.3 is 29.4 Å². The fraction of sp³-hybridized carbons (Fsp3) is 0.625. The summed E-state index contributed by atoms with van der Waals surface area (Å²) in [6.07, 6.45) is -0.435. The Kier molecular flexibility index (Phi) is 5.45. The zero-order valence-electron chi connectivity index (χ0n) is 14.0. The molecule has 1 saturated heterocycles. The van der Waals surface area contributed by atoms with Gasteiger partial charge in [-0.25, -0.2) is 9.97 Å². The quantitative estimate of drug-likeness (QED) is 0.698. The van der Waals surface area contributed by atoms with E-state index in [0.717, 1.165) is 6.42 Å². The van der Waals surface area contributed by atoms with Crippen LogP contribution in [0.4, 0.5) is 0 Å². The molecule has 2 aromatic rings. The maximum Gasteiger partial charge on any atom is 0.227 e. The van der Waals surface area contributed by atoms with E-state index in [1.54, 1.807) is 6.20 Å². The molecule has 0 bridgehead atoms. The zero-order valence-corrected chi connectivity index (χ0v) is 14.8. The highest BCUT2D eigenvalue weighted by molar-refractivity contribution is 6.35. The molecule has 25 heavy (non-hydrogen) atoms. The molecule has 1 fully saturated rings. The third kappa shape index (κ3) is 3.45. The Labute approximate surface area is 150 Å². The number of hydrogen-bond acceptors (Lipinski definition) is 7. The molecule has 138 valence electrons. The molecular formula is C16H22ClN3O5. The Balaban J connectivity index is 1.93. The Hall–Kier alpha value is -1.45. The smallest absolute Gasteiger partial charge is 0.227 e. The van der Waals surface area contributed by atoms with Gasteiger partial charge in [-0.3, -0.25) is 0 Å². The predicted molar refractivity (Wildman–Crippen MR) is 90.5 cm³/mol. The first-order valence-corrected chi connectivity index (χ1v) is 8.58. The van der Waals surface area contributed by atoms with E-state index in [1.807, 2.05) is 0 Å². The Morgan fingerprint density at radius 2 is 2.08 bits per heavy atom. The van der Waals surface area contributed by atoms with Crippen LogP contribution in [0.2, 0.25) is 5.02 Å². The van der Waals surface area contributed by atoms with Gasteiger partial charge in [0.1, 0.15) is 24.6 Å². The third-order valence-electron chi connectivity index (χ3n) is 4.25. The molecular weight excluding hydrogens is 350 g/mol. The molecule has 0 unspecified atom stereocenters. The number of ether oxygens (including phenoxy) is 2. The lowest BCUT2D eigenvalue weighted by atomic mass is 10.1. The molecule has 0 spiro atoms. The Bertz CT molecular complexity index is 738. The van der Waals surface area contributed by atoms with Crippen molar-refractivity contribution in [3.8, 4) is 5.88 Å². The van der Waals surface area contributed by atoms with Gasteiger partial charge >= 0.3 is 0 Å². The summed E-state index contributed by atoms with van der Waals surface area (Å²) >= 11 is 6.33. The highest BCUT2D eigenvalue weighted by atomic mass is 35.5. The Morgan fingerprint density at radius 3 is 2.72 bits per heavy atom. The van der Waals surface area contributed by atoms with Crippen LogP contribution in [0.1, 0.15) is 26.5 Å². The second-order valence-electron chi connectivity index (χ2n) is 6.52. The number of hydrogen-bond donors (Lipinski definition) is 3. The van der Waals surface area contributed by atoms with Crippen molar-refractivity contribution in [3.05, 3.63) is 17.5 Å². The summed E-state index contributed by atoms with van der Waals surface area (Å²) in [6, 6.07) is 0. The van der Waals surface area contributed by atoms with Gasteiger partial charge in [0.2, 0.25) is 5.88 Å². The van der Waals surface area contributed by atoms with Crippen molar-refractivity contribution >= 4 is 22.6 Å². The number of aromatic nitrogens is 3. The lowest BCUT2D eigenvalue weighted by Crippen LogP contribution is -2.33. The van der Waals surface area contributed by atoms with Crippen molar-refractivity contribution in [2.45, 2.75) is 44.8 Å². The summed E-state index contributed by atoms with van der Waals surface area (Å²) in [5.41, 5.74) is 0.425. The minimum absolute atomic E-state index is 0.355. The molecule has 3 N–H and O–H groups in total. The SMILES string of the molecule is CC(C)CCOc1ncnc2c1c(Cl)cn2[C@@H]1O[C@H](CO)[C@@H](O)[C@H]1O. The zero-order chi connectivity index (χ0) is 18.1. The summed E-state index contributed by atoms with van der Waals surface area (Å²) in [5.74, 6) is 0.859. The average Bonchev–Trinajstić information content (AvgIpc) is 3.06. The first-order chi connectivity index (χ1) is 11.9. The van der Waals surface area contributed by atoms with Gasteiger partial charge in [-0.1, -0.05) is 25.4 Å². The van der Waals surface area contributed by atoms with Gasteiger partial charge in [0.05, 0.1) is 23.6 Å². The fourth-order valence-electron chi connectivity index (χ4n) is 2.82. The summed E-state index contributed by atoms with van der Waals surface area (Å²) < 4.78 is 12.8.